The number of carboxylic acid groups (broad SMARTS) is 1. The molecule has 0 saturated carbocycles. The second-order valence-electron chi connectivity index (χ2n) is 6.22. The van der Waals surface area contributed by atoms with Crippen molar-refractivity contribution in [1.82, 2.24) is 10.6 Å². The van der Waals surface area contributed by atoms with Gasteiger partial charge in [0.1, 0.15) is 13.3 Å². The highest BCUT2D eigenvalue weighted by Crippen LogP contribution is 2.05. The average Bonchev–Trinajstić information content (AvgIpc) is 2.61. The predicted octanol–water partition coefficient (Wildman–Crippen LogP) is 1.91. The van der Waals surface area contributed by atoms with Crippen molar-refractivity contribution in [3.63, 3.8) is 0 Å². The van der Waals surface area contributed by atoms with Gasteiger partial charge < -0.3 is 20.5 Å². The summed E-state index contributed by atoms with van der Waals surface area (Å²) in [4.78, 5) is 34.3. The van der Waals surface area contributed by atoms with Crippen LogP contribution in [0.4, 0.5) is 9.18 Å². The molecule has 3 N–H and O–H groups in total. The normalized spacial score (nSPS) is 13.1. The molecule has 1 aromatic carbocycles. The Bertz CT molecular complexity index is 595. The van der Waals surface area contributed by atoms with Crippen LogP contribution >= 0.6 is 0 Å². The fraction of sp³-hybridized carbons (Fsp3) is 0.500. The number of nitrogens with one attached hydrogen (secondary N) is 2. The van der Waals surface area contributed by atoms with Crippen LogP contribution in [0.25, 0.3) is 0 Å². The van der Waals surface area contributed by atoms with Crippen LogP contribution in [0, 0.1) is 5.92 Å². The molecule has 0 spiro atoms. The third kappa shape index (κ3) is 8.06. The third-order valence-electron chi connectivity index (χ3n) is 3.80. The summed E-state index contributed by atoms with van der Waals surface area (Å²) in [6.07, 6.45) is -1.15. The highest BCUT2D eigenvalue weighted by atomic mass is 19.1. The second-order valence-corrected chi connectivity index (χ2v) is 6.22. The number of alkyl carbamates (subject to hydrolysis) is 1. The van der Waals surface area contributed by atoms with Crippen molar-refractivity contribution in [3.8, 4) is 0 Å². The highest BCUT2D eigenvalue weighted by Gasteiger charge is 2.24. The molecule has 0 heterocycles. The van der Waals surface area contributed by atoms with Gasteiger partial charge in [0.2, 0.25) is 0 Å². The first kappa shape index (κ1) is 21.6. The molecular formula is C18H25FN2O5. The molecule has 1 amide bonds. The van der Waals surface area contributed by atoms with E-state index in [4.69, 9.17) is 9.84 Å². The molecule has 0 aromatic heterocycles. The molecule has 144 valence electrons. The molecule has 8 heteroatoms. The summed E-state index contributed by atoms with van der Waals surface area (Å²) in [7, 11) is 0. The lowest BCUT2D eigenvalue weighted by atomic mass is 10.0. The SMILES string of the molecule is CC(C)C(CNC(CC(=O)O)C(=O)CF)NC(=O)OCc1ccccc1. The zero-order valence-corrected chi connectivity index (χ0v) is 14.9. The minimum atomic E-state index is -1.25. The van der Waals surface area contributed by atoms with Crippen molar-refractivity contribution in [2.75, 3.05) is 13.2 Å². The van der Waals surface area contributed by atoms with Gasteiger partial charge in [0, 0.05) is 12.6 Å². The lowest BCUT2D eigenvalue weighted by Gasteiger charge is -2.24. The number of hydrogen-bond acceptors (Lipinski definition) is 5. The highest BCUT2D eigenvalue weighted by molar-refractivity contribution is 5.88. The Kier molecular flexibility index (Phi) is 9.29. The molecule has 0 aliphatic carbocycles. The standard InChI is InChI=1S/C18H25FN2O5/c1-12(2)15(10-20-14(8-17(23)24)16(22)9-19)21-18(25)26-11-13-6-4-3-5-7-13/h3-7,12,14-15,20H,8-11H2,1-2H3,(H,21,25)(H,23,24). The van der Waals surface area contributed by atoms with Gasteiger partial charge in [-0.05, 0) is 11.5 Å². The van der Waals surface area contributed by atoms with E-state index >= 15 is 0 Å². The van der Waals surface area contributed by atoms with Crippen molar-refractivity contribution in [2.45, 2.75) is 39.0 Å². The Morgan fingerprint density at radius 3 is 2.38 bits per heavy atom. The summed E-state index contributed by atoms with van der Waals surface area (Å²) >= 11 is 0. The number of carbonyl (C=O) groups is 3. The number of hydrogen-bond donors (Lipinski definition) is 3. The molecule has 0 fully saturated rings. The fourth-order valence-corrected chi connectivity index (χ4v) is 2.21. The fourth-order valence-electron chi connectivity index (χ4n) is 2.21. The topological polar surface area (TPSA) is 105 Å². The molecule has 2 atom stereocenters. The van der Waals surface area contributed by atoms with Gasteiger partial charge in [0.15, 0.2) is 5.78 Å². The minimum Gasteiger partial charge on any atom is -0.481 e. The van der Waals surface area contributed by atoms with Gasteiger partial charge in [-0.2, -0.15) is 0 Å². The molecule has 0 aliphatic heterocycles. The first-order valence-electron chi connectivity index (χ1n) is 8.34. The van der Waals surface area contributed by atoms with E-state index in [2.05, 4.69) is 10.6 Å². The number of rotatable bonds is 11. The largest absolute Gasteiger partial charge is 0.481 e. The number of alkyl halides is 1. The van der Waals surface area contributed by atoms with E-state index in [1.54, 1.807) is 0 Å². The van der Waals surface area contributed by atoms with E-state index in [1.165, 1.54) is 0 Å². The Balaban J connectivity index is 2.54. The minimum absolute atomic E-state index is 0.0160. The quantitative estimate of drug-likeness (QED) is 0.551. The van der Waals surface area contributed by atoms with Gasteiger partial charge in [-0.3, -0.25) is 9.59 Å². The van der Waals surface area contributed by atoms with E-state index in [-0.39, 0.29) is 19.1 Å². The molecular weight excluding hydrogens is 343 g/mol. The summed E-state index contributed by atoms with van der Waals surface area (Å²) in [5, 5.41) is 14.2. The maximum Gasteiger partial charge on any atom is 0.407 e. The number of halogens is 1. The third-order valence-corrected chi connectivity index (χ3v) is 3.80. The Hall–Kier alpha value is -2.48. The molecule has 0 aliphatic rings. The number of carbonyl (C=O) groups excluding carboxylic acids is 2. The molecule has 1 rings (SSSR count). The smallest absolute Gasteiger partial charge is 0.407 e. The number of amides is 1. The van der Waals surface area contributed by atoms with Crippen LogP contribution in [0.2, 0.25) is 0 Å². The average molecular weight is 368 g/mol. The first-order valence-corrected chi connectivity index (χ1v) is 8.34. The zero-order chi connectivity index (χ0) is 19.5. The van der Waals surface area contributed by atoms with E-state index in [0.29, 0.717) is 0 Å². The van der Waals surface area contributed by atoms with Crippen LogP contribution in [-0.4, -0.2) is 48.3 Å². The van der Waals surface area contributed by atoms with Crippen molar-refractivity contribution in [3.05, 3.63) is 35.9 Å². The predicted molar refractivity (Wildman–Crippen MR) is 93.4 cm³/mol. The lowest BCUT2D eigenvalue weighted by molar-refractivity contribution is -0.139. The number of ether oxygens (including phenoxy) is 1. The Labute approximate surface area is 151 Å². The van der Waals surface area contributed by atoms with E-state index < -0.39 is 43.0 Å². The number of carboxylic acids is 1. The van der Waals surface area contributed by atoms with Gasteiger partial charge in [-0.15, -0.1) is 0 Å². The van der Waals surface area contributed by atoms with E-state index in [9.17, 15) is 18.8 Å². The molecule has 2 unspecified atom stereocenters. The van der Waals surface area contributed by atoms with Gasteiger partial charge in [0.25, 0.3) is 0 Å². The number of ketones is 1. The molecule has 0 bridgehead atoms. The summed E-state index contributed by atoms with van der Waals surface area (Å²) < 4.78 is 17.7. The van der Waals surface area contributed by atoms with Crippen LogP contribution in [0.15, 0.2) is 30.3 Å². The zero-order valence-electron chi connectivity index (χ0n) is 14.9. The van der Waals surface area contributed by atoms with E-state index in [0.717, 1.165) is 5.56 Å². The molecule has 1 aromatic rings. The van der Waals surface area contributed by atoms with Crippen LogP contribution in [0.1, 0.15) is 25.8 Å². The molecule has 7 nitrogen and oxygen atoms in total. The van der Waals surface area contributed by atoms with Crippen LogP contribution < -0.4 is 10.6 Å². The van der Waals surface area contributed by atoms with Gasteiger partial charge >= 0.3 is 12.1 Å². The maximum absolute atomic E-state index is 12.6. The summed E-state index contributed by atoms with van der Waals surface area (Å²) in [6, 6.07) is 7.63. The summed E-state index contributed by atoms with van der Waals surface area (Å²) in [5.41, 5.74) is 0.844. The monoisotopic (exact) mass is 368 g/mol. The first-order chi connectivity index (χ1) is 12.3. The van der Waals surface area contributed by atoms with Crippen molar-refractivity contribution in [1.29, 1.82) is 0 Å². The van der Waals surface area contributed by atoms with Gasteiger partial charge in [-0.25, -0.2) is 9.18 Å². The molecule has 26 heavy (non-hydrogen) atoms. The van der Waals surface area contributed by atoms with Crippen molar-refractivity contribution < 1.29 is 28.6 Å². The summed E-state index contributed by atoms with van der Waals surface area (Å²) in [5.74, 6) is -2.06. The second kappa shape index (κ2) is 11.2. The van der Waals surface area contributed by atoms with E-state index in [1.807, 2.05) is 44.2 Å². The number of benzene rings is 1. The van der Waals surface area contributed by atoms with Crippen molar-refractivity contribution >= 4 is 17.8 Å². The maximum atomic E-state index is 12.6. The Morgan fingerprint density at radius 1 is 1.19 bits per heavy atom. The van der Waals surface area contributed by atoms with Gasteiger partial charge in [0.05, 0.1) is 12.5 Å². The molecule has 0 saturated heterocycles. The van der Waals surface area contributed by atoms with Crippen molar-refractivity contribution in [2.24, 2.45) is 5.92 Å². The summed E-state index contributed by atoms with van der Waals surface area (Å²) in [6.45, 7) is 2.69. The lowest BCUT2D eigenvalue weighted by Crippen LogP contribution is -2.50. The number of aliphatic carboxylic acids is 1. The van der Waals surface area contributed by atoms with Crippen LogP contribution in [0.3, 0.4) is 0 Å². The Morgan fingerprint density at radius 2 is 1.85 bits per heavy atom. The number of Topliss-reactive ketones (excluding diaryl/α,β-unsaturated/α-hetero) is 1. The van der Waals surface area contributed by atoms with Gasteiger partial charge in [-0.1, -0.05) is 44.2 Å². The van der Waals surface area contributed by atoms with Crippen LogP contribution in [-0.2, 0) is 20.9 Å². The molecule has 0 radical (unpaired) electrons. The van der Waals surface area contributed by atoms with Crippen LogP contribution in [0.5, 0.6) is 0 Å².